The van der Waals surface area contributed by atoms with Gasteiger partial charge in [0, 0.05) is 4.88 Å². The highest BCUT2D eigenvalue weighted by molar-refractivity contribution is 7.18. The van der Waals surface area contributed by atoms with Crippen LogP contribution in [0.1, 0.15) is 56.8 Å². The molecule has 148 valence electrons. The van der Waals surface area contributed by atoms with Crippen LogP contribution in [0.4, 0.5) is 0 Å². The average Bonchev–Trinajstić information content (AvgIpc) is 3.00. The van der Waals surface area contributed by atoms with Crippen molar-refractivity contribution >= 4 is 27.5 Å². The molecule has 7 heteroatoms. The van der Waals surface area contributed by atoms with E-state index < -0.39 is 5.97 Å². The summed E-state index contributed by atoms with van der Waals surface area (Å²) in [4.78, 5) is 34.8. The average molecular weight is 392 g/mol. The van der Waals surface area contributed by atoms with Crippen LogP contribution in [0, 0.1) is 0 Å². The second-order valence-corrected chi connectivity index (χ2v) is 8.39. The molecule has 0 atom stereocenters. The Morgan fingerprint density at radius 2 is 1.96 bits per heavy atom. The molecule has 2 heterocycles. The van der Waals surface area contributed by atoms with Gasteiger partial charge >= 0.3 is 5.97 Å². The van der Waals surface area contributed by atoms with Gasteiger partial charge in [-0.1, -0.05) is 13.8 Å². The minimum absolute atomic E-state index is 0.0822. The van der Waals surface area contributed by atoms with Gasteiger partial charge < -0.3 is 4.74 Å². The van der Waals surface area contributed by atoms with E-state index in [4.69, 9.17) is 9.72 Å². The quantitative estimate of drug-likeness (QED) is 0.679. The van der Waals surface area contributed by atoms with Crippen LogP contribution in [-0.4, -0.2) is 39.6 Å². The largest absolute Gasteiger partial charge is 0.462 e. The molecule has 0 aliphatic heterocycles. The zero-order chi connectivity index (χ0) is 19.6. The van der Waals surface area contributed by atoms with Crippen LogP contribution in [-0.2, 0) is 35.5 Å². The van der Waals surface area contributed by atoms with E-state index in [0.717, 1.165) is 48.1 Å². The zero-order valence-corrected chi connectivity index (χ0v) is 17.5. The maximum Gasteiger partial charge on any atom is 0.326 e. The lowest BCUT2D eigenvalue weighted by Gasteiger charge is -2.20. The van der Waals surface area contributed by atoms with Crippen LogP contribution < -0.4 is 5.56 Å². The third kappa shape index (κ3) is 4.24. The van der Waals surface area contributed by atoms with E-state index in [9.17, 15) is 9.59 Å². The second kappa shape index (κ2) is 8.52. The number of fused-ring (bicyclic) bond motifs is 3. The van der Waals surface area contributed by atoms with Crippen molar-refractivity contribution in [2.75, 3.05) is 13.1 Å². The van der Waals surface area contributed by atoms with Gasteiger partial charge in [-0.3, -0.25) is 19.1 Å². The monoisotopic (exact) mass is 391 g/mol. The number of carbonyl (C=O) groups excluding carboxylic acids is 1. The van der Waals surface area contributed by atoms with Crippen molar-refractivity contribution in [2.45, 2.75) is 72.6 Å². The second-order valence-electron chi connectivity index (χ2n) is 7.31. The molecule has 0 spiro atoms. The Bertz CT molecular complexity index is 881. The summed E-state index contributed by atoms with van der Waals surface area (Å²) in [5, 5.41) is 0.718. The highest BCUT2D eigenvalue weighted by Crippen LogP contribution is 2.33. The lowest BCUT2D eigenvalue weighted by Crippen LogP contribution is -2.34. The summed E-state index contributed by atoms with van der Waals surface area (Å²) >= 11 is 1.65. The lowest BCUT2D eigenvalue weighted by atomic mass is 9.97. The van der Waals surface area contributed by atoms with Crippen molar-refractivity contribution in [1.29, 1.82) is 0 Å². The van der Waals surface area contributed by atoms with Gasteiger partial charge in [-0.05, 0) is 58.2 Å². The summed E-state index contributed by atoms with van der Waals surface area (Å²) in [5.41, 5.74) is 1.06. The van der Waals surface area contributed by atoms with Gasteiger partial charge in [-0.25, -0.2) is 4.98 Å². The van der Waals surface area contributed by atoms with Crippen molar-refractivity contribution < 1.29 is 9.53 Å². The first-order valence-electron chi connectivity index (χ1n) is 9.90. The summed E-state index contributed by atoms with van der Waals surface area (Å²) in [6.45, 7) is 9.99. The first-order valence-corrected chi connectivity index (χ1v) is 10.7. The van der Waals surface area contributed by atoms with E-state index >= 15 is 0 Å². The van der Waals surface area contributed by atoms with Gasteiger partial charge in [0.2, 0.25) is 0 Å². The number of thiophene rings is 1. The maximum atomic E-state index is 13.4. The third-order valence-electron chi connectivity index (χ3n) is 5.07. The number of carbonyl (C=O) groups is 1. The fraction of sp³-hybridized carbons (Fsp3) is 0.650. The predicted octanol–water partition coefficient (Wildman–Crippen LogP) is 3.13. The zero-order valence-electron chi connectivity index (χ0n) is 16.7. The van der Waals surface area contributed by atoms with Gasteiger partial charge in [0.25, 0.3) is 5.56 Å². The number of hydrogen-bond acceptors (Lipinski definition) is 6. The molecule has 0 bridgehead atoms. The molecule has 1 aliphatic carbocycles. The lowest BCUT2D eigenvalue weighted by molar-refractivity contribution is -0.148. The Morgan fingerprint density at radius 1 is 1.26 bits per heavy atom. The van der Waals surface area contributed by atoms with Crippen LogP contribution in [0.25, 0.3) is 10.2 Å². The third-order valence-corrected chi connectivity index (χ3v) is 6.25. The molecule has 0 N–H and O–H groups in total. The highest BCUT2D eigenvalue weighted by atomic mass is 32.1. The van der Waals surface area contributed by atoms with Crippen LogP contribution in [0.15, 0.2) is 4.79 Å². The topological polar surface area (TPSA) is 64.4 Å². The summed E-state index contributed by atoms with van der Waals surface area (Å²) in [6.07, 6.45) is 4.02. The van der Waals surface area contributed by atoms with Crippen molar-refractivity contribution in [3.8, 4) is 0 Å². The molecule has 0 amide bonds. The highest BCUT2D eigenvalue weighted by Gasteiger charge is 2.23. The number of esters is 1. The first kappa shape index (κ1) is 20.0. The van der Waals surface area contributed by atoms with Crippen molar-refractivity contribution in [1.82, 2.24) is 14.5 Å². The molecule has 3 rings (SSSR count). The molecule has 0 radical (unpaired) electrons. The fourth-order valence-corrected chi connectivity index (χ4v) is 4.91. The van der Waals surface area contributed by atoms with E-state index in [0.29, 0.717) is 12.4 Å². The predicted molar refractivity (Wildman–Crippen MR) is 108 cm³/mol. The van der Waals surface area contributed by atoms with Crippen LogP contribution >= 0.6 is 11.3 Å². The first-order chi connectivity index (χ1) is 12.9. The molecule has 1 aliphatic rings. The van der Waals surface area contributed by atoms with Crippen molar-refractivity contribution in [3.05, 3.63) is 26.6 Å². The fourth-order valence-electron chi connectivity index (χ4n) is 3.64. The SMILES string of the molecule is CCN(CC)Cc1nc2sc3c(c2c(=O)n1CC(=O)OC(C)C)CCCC3. The summed E-state index contributed by atoms with van der Waals surface area (Å²) in [5.74, 6) is 0.258. The van der Waals surface area contributed by atoms with Crippen LogP contribution in [0.3, 0.4) is 0 Å². The smallest absolute Gasteiger partial charge is 0.326 e. The molecule has 0 unspecified atom stereocenters. The maximum absolute atomic E-state index is 13.4. The molecule has 2 aromatic heterocycles. The normalized spacial score (nSPS) is 14.1. The number of aromatic nitrogens is 2. The van der Waals surface area contributed by atoms with E-state index in [1.165, 1.54) is 15.9 Å². The van der Waals surface area contributed by atoms with Gasteiger partial charge in [-0.2, -0.15) is 0 Å². The number of hydrogen-bond donors (Lipinski definition) is 0. The summed E-state index contributed by atoms with van der Waals surface area (Å²) < 4.78 is 6.83. The number of aryl methyl sites for hydroxylation is 2. The minimum atomic E-state index is -0.391. The Balaban J connectivity index is 2.10. The molecule has 6 nitrogen and oxygen atoms in total. The van der Waals surface area contributed by atoms with Crippen molar-refractivity contribution in [3.63, 3.8) is 0 Å². The Labute approximate surface area is 164 Å². The Kier molecular flexibility index (Phi) is 6.32. The van der Waals surface area contributed by atoms with Gasteiger partial charge in [-0.15, -0.1) is 11.3 Å². The molecule has 0 saturated carbocycles. The number of ether oxygens (including phenoxy) is 1. The van der Waals surface area contributed by atoms with Crippen molar-refractivity contribution in [2.24, 2.45) is 0 Å². The molecule has 0 fully saturated rings. The summed E-state index contributed by atoms with van der Waals surface area (Å²) in [7, 11) is 0. The number of nitrogens with zero attached hydrogens (tertiary/aromatic N) is 3. The molecule has 27 heavy (non-hydrogen) atoms. The summed E-state index contributed by atoms with van der Waals surface area (Å²) in [6, 6.07) is 0. The number of rotatable bonds is 7. The Morgan fingerprint density at radius 3 is 2.63 bits per heavy atom. The van der Waals surface area contributed by atoms with E-state index in [-0.39, 0.29) is 18.2 Å². The van der Waals surface area contributed by atoms with Gasteiger partial charge in [0.15, 0.2) is 0 Å². The van der Waals surface area contributed by atoms with Crippen LogP contribution in [0.5, 0.6) is 0 Å². The van der Waals surface area contributed by atoms with Crippen LogP contribution in [0.2, 0.25) is 0 Å². The molecular formula is C20H29N3O3S. The molecule has 0 saturated heterocycles. The molecule has 0 aromatic carbocycles. The molecular weight excluding hydrogens is 362 g/mol. The Hall–Kier alpha value is -1.73. The van der Waals surface area contributed by atoms with Gasteiger partial charge in [0.1, 0.15) is 17.2 Å². The minimum Gasteiger partial charge on any atom is -0.462 e. The van der Waals surface area contributed by atoms with E-state index in [1.807, 2.05) is 13.8 Å². The van der Waals surface area contributed by atoms with E-state index in [2.05, 4.69) is 18.7 Å². The standard InChI is InChI=1S/C20H29N3O3S/c1-5-22(6-2)11-16-21-19-18(14-9-7-8-10-15(14)27-19)20(25)23(16)12-17(24)26-13(3)4/h13H,5-12H2,1-4H3. The van der Waals surface area contributed by atoms with Gasteiger partial charge in [0.05, 0.1) is 18.0 Å². The molecule has 2 aromatic rings. The van der Waals surface area contributed by atoms with E-state index in [1.54, 1.807) is 11.3 Å².